The third-order valence-corrected chi connectivity index (χ3v) is 3.87. The molecule has 0 amide bonds. The van der Waals surface area contributed by atoms with Crippen LogP contribution >= 0.6 is 31.9 Å². The molecule has 0 saturated carbocycles. The number of hydrogen-bond acceptors (Lipinski definition) is 0. The summed E-state index contributed by atoms with van der Waals surface area (Å²) >= 11 is 6.16. The largest absolute Gasteiger partial charge is 0.339 e. The Kier molecular flexibility index (Phi) is 4.25. The topological polar surface area (TPSA) is 0 Å². The SMILES string of the molecule is FC(F)(c1ccc(Br)cc1)C(F)(F)c1ccc(Br)cc1. The number of hydrogen-bond donors (Lipinski definition) is 0. The summed E-state index contributed by atoms with van der Waals surface area (Å²) in [7, 11) is 0. The summed E-state index contributed by atoms with van der Waals surface area (Å²) in [6.45, 7) is 0. The van der Waals surface area contributed by atoms with Crippen LogP contribution in [0.15, 0.2) is 57.5 Å². The summed E-state index contributed by atoms with van der Waals surface area (Å²) in [5, 5.41) is 0. The molecule has 0 heterocycles. The fourth-order valence-corrected chi connectivity index (χ4v) is 2.21. The summed E-state index contributed by atoms with van der Waals surface area (Å²) in [4.78, 5) is 0. The van der Waals surface area contributed by atoms with E-state index in [2.05, 4.69) is 31.9 Å². The van der Waals surface area contributed by atoms with Crippen molar-refractivity contribution in [2.75, 3.05) is 0 Å². The molecule has 0 fully saturated rings. The van der Waals surface area contributed by atoms with Gasteiger partial charge in [-0.05, 0) is 24.3 Å². The monoisotopic (exact) mass is 410 g/mol. The quantitative estimate of drug-likeness (QED) is 0.535. The molecule has 0 N–H and O–H groups in total. The molecular formula is C14H8Br2F4. The Hall–Kier alpha value is -0.880. The second-order valence-electron chi connectivity index (χ2n) is 4.16. The zero-order valence-corrected chi connectivity index (χ0v) is 13.1. The highest BCUT2D eigenvalue weighted by molar-refractivity contribution is 9.10. The highest BCUT2D eigenvalue weighted by Crippen LogP contribution is 2.49. The van der Waals surface area contributed by atoms with Crippen LogP contribution in [0, 0.1) is 0 Å². The van der Waals surface area contributed by atoms with Gasteiger partial charge in [0.15, 0.2) is 0 Å². The smallest absolute Gasteiger partial charge is 0.194 e. The molecular weight excluding hydrogens is 404 g/mol. The van der Waals surface area contributed by atoms with Crippen LogP contribution in [0.4, 0.5) is 17.6 Å². The minimum absolute atomic E-state index is 0.545. The first-order valence-electron chi connectivity index (χ1n) is 5.53. The molecule has 0 aliphatic heterocycles. The van der Waals surface area contributed by atoms with E-state index in [1.165, 1.54) is 24.3 Å². The van der Waals surface area contributed by atoms with Crippen molar-refractivity contribution in [1.29, 1.82) is 0 Å². The van der Waals surface area contributed by atoms with Crippen LogP contribution in [0.3, 0.4) is 0 Å². The van der Waals surface area contributed by atoms with Gasteiger partial charge in [0.25, 0.3) is 0 Å². The molecule has 0 aliphatic carbocycles. The molecule has 0 bridgehead atoms. The van der Waals surface area contributed by atoms with Crippen LogP contribution < -0.4 is 0 Å². The van der Waals surface area contributed by atoms with Crippen LogP contribution in [0.25, 0.3) is 0 Å². The van der Waals surface area contributed by atoms with E-state index in [-0.39, 0.29) is 0 Å². The van der Waals surface area contributed by atoms with Crippen LogP contribution in [0.2, 0.25) is 0 Å². The lowest BCUT2D eigenvalue weighted by Crippen LogP contribution is -2.35. The number of halogens is 6. The maximum atomic E-state index is 14.1. The summed E-state index contributed by atoms with van der Waals surface area (Å²) in [5.41, 5.74) is -1.46. The van der Waals surface area contributed by atoms with E-state index >= 15 is 0 Å². The van der Waals surface area contributed by atoms with E-state index in [1.807, 2.05) is 0 Å². The van der Waals surface area contributed by atoms with Crippen LogP contribution in [-0.4, -0.2) is 0 Å². The molecule has 106 valence electrons. The van der Waals surface area contributed by atoms with Crippen molar-refractivity contribution in [1.82, 2.24) is 0 Å². The highest BCUT2D eigenvalue weighted by atomic mass is 79.9. The molecule has 0 spiro atoms. The molecule has 0 nitrogen and oxygen atoms in total. The van der Waals surface area contributed by atoms with Gasteiger partial charge in [0.1, 0.15) is 0 Å². The van der Waals surface area contributed by atoms with Gasteiger partial charge in [0.2, 0.25) is 0 Å². The summed E-state index contributed by atoms with van der Waals surface area (Å²) in [6.07, 6.45) is 0. The van der Waals surface area contributed by atoms with Crippen molar-refractivity contribution >= 4 is 31.9 Å². The van der Waals surface area contributed by atoms with E-state index in [4.69, 9.17) is 0 Å². The number of benzene rings is 2. The molecule has 0 atom stereocenters. The van der Waals surface area contributed by atoms with E-state index in [9.17, 15) is 17.6 Å². The molecule has 2 aromatic carbocycles. The van der Waals surface area contributed by atoms with E-state index < -0.39 is 23.0 Å². The molecule has 2 aromatic rings. The lowest BCUT2D eigenvalue weighted by atomic mass is 9.96. The highest BCUT2D eigenvalue weighted by Gasteiger charge is 2.58. The molecule has 0 saturated heterocycles. The maximum Gasteiger partial charge on any atom is 0.339 e. The van der Waals surface area contributed by atoms with E-state index in [0.29, 0.717) is 8.95 Å². The lowest BCUT2D eigenvalue weighted by molar-refractivity contribution is -0.223. The Bertz CT molecular complexity index is 536. The van der Waals surface area contributed by atoms with Gasteiger partial charge in [0, 0.05) is 20.1 Å². The fraction of sp³-hybridized carbons (Fsp3) is 0.143. The molecule has 2 rings (SSSR count). The Morgan fingerprint density at radius 1 is 0.550 bits per heavy atom. The standard InChI is InChI=1S/C14H8Br2F4/c15-11-5-1-9(2-6-11)13(17,18)14(19,20)10-3-7-12(16)8-4-10/h1-8H. The average Bonchev–Trinajstić information content (AvgIpc) is 2.39. The van der Waals surface area contributed by atoms with Crippen molar-refractivity contribution in [2.24, 2.45) is 0 Å². The molecule has 0 radical (unpaired) electrons. The lowest BCUT2D eigenvalue weighted by Gasteiger charge is -2.27. The minimum Gasteiger partial charge on any atom is -0.194 e. The summed E-state index contributed by atoms with van der Waals surface area (Å²) in [6, 6.07) is 9.16. The van der Waals surface area contributed by atoms with Crippen molar-refractivity contribution in [2.45, 2.75) is 11.8 Å². The summed E-state index contributed by atoms with van der Waals surface area (Å²) in [5.74, 6) is -8.58. The third kappa shape index (κ3) is 2.76. The molecule has 0 aliphatic rings. The third-order valence-electron chi connectivity index (χ3n) is 2.81. The van der Waals surface area contributed by atoms with Crippen molar-refractivity contribution in [3.05, 3.63) is 68.6 Å². The first-order chi connectivity index (χ1) is 9.25. The van der Waals surface area contributed by atoms with Gasteiger partial charge in [-0.3, -0.25) is 0 Å². The van der Waals surface area contributed by atoms with Crippen molar-refractivity contribution in [3.8, 4) is 0 Å². The zero-order chi connectivity index (χ0) is 15.0. The van der Waals surface area contributed by atoms with Gasteiger partial charge >= 0.3 is 11.8 Å². The predicted molar refractivity (Wildman–Crippen MR) is 76.1 cm³/mol. The van der Waals surface area contributed by atoms with Gasteiger partial charge in [-0.25, -0.2) is 0 Å². The van der Waals surface area contributed by atoms with Crippen LogP contribution in [0.5, 0.6) is 0 Å². The first kappa shape index (κ1) is 15.5. The van der Waals surface area contributed by atoms with Gasteiger partial charge in [-0.1, -0.05) is 56.1 Å². The Morgan fingerprint density at radius 2 is 0.800 bits per heavy atom. The van der Waals surface area contributed by atoms with Crippen molar-refractivity contribution in [3.63, 3.8) is 0 Å². The van der Waals surface area contributed by atoms with Gasteiger partial charge in [-0.2, -0.15) is 17.6 Å². The molecule has 0 aromatic heterocycles. The minimum atomic E-state index is -4.29. The first-order valence-corrected chi connectivity index (χ1v) is 7.11. The average molecular weight is 412 g/mol. The Labute approximate surface area is 130 Å². The molecule has 0 unspecified atom stereocenters. The van der Waals surface area contributed by atoms with Gasteiger partial charge < -0.3 is 0 Å². The normalized spacial score (nSPS) is 12.5. The van der Waals surface area contributed by atoms with Gasteiger partial charge in [-0.15, -0.1) is 0 Å². The van der Waals surface area contributed by atoms with Crippen LogP contribution in [-0.2, 0) is 11.8 Å². The maximum absolute atomic E-state index is 14.1. The predicted octanol–water partition coefficient (Wildman–Crippen LogP) is 6.10. The number of alkyl halides is 4. The Balaban J connectivity index is 2.45. The van der Waals surface area contributed by atoms with Crippen LogP contribution in [0.1, 0.15) is 11.1 Å². The van der Waals surface area contributed by atoms with E-state index in [0.717, 1.165) is 24.3 Å². The molecule has 6 heteroatoms. The fourth-order valence-electron chi connectivity index (χ4n) is 1.68. The Morgan fingerprint density at radius 3 is 1.05 bits per heavy atom. The molecule has 20 heavy (non-hydrogen) atoms. The summed E-state index contributed by atoms with van der Waals surface area (Å²) < 4.78 is 57.4. The number of rotatable bonds is 3. The van der Waals surface area contributed by atoms with Gasteiger partial charge in [0.05, 0.1) is 0 Å². The van der Waals surface area contributed by atoms with Crippen molar-refractivity contribution < 1.29 is 17.6 Å². The second-order valence-corrected chi connectivity index (χ2v) is 5.99. The zero-order valence-electron chi connectivity index (χ0n) is 9.89. The van der Waals surface area contributed by atoms with E-state index in [1.54, 1.807) is 0 Å². The second kappa shape index (κ2) is 5.48.